The molecule has 0 saturated heterocycles. The van der Waals surface area contributed by atoms with E-state index in [-0.39, 0.29) is 10.8 Å². The minimum Gasteiger partial charge on any atom is -0.166 e. The summed E-state index contributed by atoms with van der Waals surface area (Å²) < 4.78 is 37.5. The average Bonchev–Trinajstić information content (AvgIpc) is 2.13. The van der Waals surface area contributed by atoms with Gasteiger partial charge in [0.05, 0.1) is 5.56 Å². The Kier molecular flexibility index (Phi) is 3.85. The number of rotatable bonds is 2. The van der Waals surface area contributed by atoms with Crippen molar-refractivity contribution in [3.8, 4) is 0 Å². The smallest absolute Gasteiger partial charge is 0.166 e. The lowest BCUT2D eigenvalue weighted by molar-refractivity contribution is -0.137. The first-order valence-corrected chi connectivity index (χ1v) is 6.10. The van der Waals surface area contributed by atoms with E-state index in [0.717, 1.165) is 12.0 Å². The highest BCUT2D eigenvalue weighted by molar-refractivity contribution is 5.29. The lowest BCUT2D eigenvalue weighted by Gasteiger charge is -2.33. The highest BCUT2D eigenvalue weighted by atomic mass is 19.4. The molecule has 0 bridgehead atoms. The van der Waals surface area contributed by atoms with Crippen molar-refractivity contribution in [2.24, 2.45) is 5.41 Å². The van der Waals surface area contributed by atoms with Crippen LogP contribution in [0.4, 0.5) is 13.2 Å². The van der Waals surface area contributed by atoms with E-state index in [9.17, 15) is 13.2 Å². The third kappa shape index (κ3) is 4.04. The summed E-state index contributed by atoms with van der Waals surface area (Å²) in [5, 5.41) is 0. The molecule has 0 aliphatic carbocycles. The van der Waals surface area contributed by atoms with Gasteiger partial charge >= 0.3 is 6.18 Å². The van der Waals surface area contributed by atoms with Crippen molar-refractivity contribution in [2.45, 2.75) is 52.6 Å². The molecule has 0 radical (unpaired) electrons. The first-order valence-electron chi connectivity index (χ1n) is 6.10. The summed E-state index contributed by atoms with van der Waals surface area (Å²) in [5.74, 6) is 0. The summed E-state index contributed by atoms with van der Waals surface area (Å²) in [7, 11) is 0. The van der Waals surface area contributed by atoms with Gasteiger partial charge in [-0.05, 0) is 34.9 Å². The fourth-order valence-electron chi connectivity index (χ4n) is 2.54. The van der Waals surface area contributed by atoms with Gasteiger partial charge in [0.25, 0.3) is 0 Å². The van der Waals surface area contributed by atoms with E-state index >= 15 is 0 Å². The van der Waals surface area contributed by atoms with E-state index in [1.807, 2.05) is 0 Å². The second-order valence-corrected chi connectivity index (χ2v) is 6.70. The Morgan fingerprint density at radius 3 is 1.50 bits per heavy atom. The molecule has 0 unspecified atom stereocenters. The van der Waals surface area contributed by atoms with Crippen LogP contribution in [0.1, 0.15) is 52.2 Å². The number of alkyl halides is 3. The second-order valence-electron chi connectivity index (χ2n) is 6.70. The van der Waals surface area contributed by atoms with Crippen molar-refractivity contribution in [1.82, 2.24) is 0 Å². The molecule has 0 aromatic heterocycles. The molecule has 0 heterocycles. The molecule has 0 spiro atoms. The van der Waals surface area contributed by atoms with Gasteiger partial charge in [-0.1, -0.05) is 46.8 Å². The van der Waals surface area contributed by atoms with E-state index in [1.165, 1.54) is 12.1 Å². The minimum atomic E-state index is -4.26. The number of hydrogen-bond donors (Lipinski definition) is 0. The number of hydrogen-bond acceptors (Lipinski definition) is 0. The van der Waals surface area contributed by atoms with E-state index in [1.54, 1.807) is 12.1 Å². The molecule has 1 aromatic carbocycles. The van der Waals surface area contributed by atoms with Crippen LogP contribution in [0.2, 0.25) is 0 Å². The maximum absolute atomic E-state index is 12.5. The standard InChI is InChI=1S/C15H21F3/c1-13(2,3)10-14(4,5)11-6-8-12(9-7-11)15(16,17)18/h6-9H,10H2,1-5H3. The molecular formula is C15H21F3. The monoisotopic (exact) mass is 258 g/mol. The maximum Gasteiger partial charge on any atom is 0.416 e. The fraction of sp³-hybridized carbons (Fsp3) is 0.600. The topological polar surface area (TPSA) is 0 Å². The first-order chi connectivity index (χ1) is 7.92. The van der Waals surface area contributed by atoms with Crippen LogP contribution < -0.4 is 0 Å². The van der Waals surface area contributed by atoms with Crippen LogP contribution >= 0.6 is 0 Å². The number of halogens is 3. The van der Waals surface area contributed by atoms with E-state index < -0.39 is 11.7 Å². The first kappa shape index (κ1) is 15.1. The Morgan fingerprint density at radius 2 is 1.17 bits per heavy atom. The van der Waals surface area contributed by atoms with E-state index in [0.29, 0.717) is 0 Å². The molecule has 1 aromatic rings. The van der Waals surface area contributed by atoms with Gasteiger partial charge in [0.2, 0.25) is 0 Å². The summed E-state index contributed by atoms with van der Waals surface area (Å²) in [4.78, 5) is 0. The van der Waals surface area contributed by atoms with Gasteiger partial charge in [0, 0.05) is 0 Å². The van der Waals surface area contributed by atoms with Crippen molar-refractivity contribution in [2.75, 3.05) is 0 Å². The fourth-order valence-corrected chi connectivity index (χ4v) is 2.54. The molecule has 0 amide bonds. The maximum atomic E-state index is 12.5. The molecule has 0 aliphatic heterocycles. The zero-order chi connectivity index (χ0) is 14.2. The van der Waals surface area contributed by atoms with Crippen LogP contribution in [-0.2, 0) is 11.6 Å². The van der Waals surface area contributed by atoms with Gasteiger partial charge in [-0.25, -0.2) is 0 Å². The van der Waals surface area contributed by atoms with Crippen molar-refractivity contribution in [3.63, 3.8) is 0 Å². The molecule has 18 heavy (non-hydrogen) atoms. The van der Waals surface area contributed by atoms with Gasteiger partial charge < -0.3 is 0 Å². The molecule has 0 fully saturated rings. The summed E-state index contributed by atoms with van der Waals surface area (Å²) in [6.07, 6.45) is -3.34. The Labute approximate surface area is 107 Å². The molecule has 102 valence electrons. The van der Waals surface area contributed by atoms with Crippen molar-refractivity contribution in [1.29, 1.82) is 0 Å². The van der Waals surface area contributed by atoms with Crippen molar-refractivity contribution in [3.05, 3.63) is 35.4 Å². The van der Waals surface area contributed by atoms with Crippen LogP contribution in [-0.4, -0.2) is 0 Å². The lowest BCUT2D eigenvalue weighted by Crippen LogP contribution is -2.24. The molecule has 3 heteroatoms. The molecule has 0 nitrogen and oxygen atoms in total. The van der Waals surface area contributed by atoms with Crippen LogP contribution in [0.5, 0.6) is 0 Å². The summed E-state index contributed by atoms with van der Waals surface area (Å²) in [6.45, 7) is 10.6. The molecular weight excluding hydrogens is 237 g/mol. The Balaban J connectivity index is 2.98. The normalized spacial score (nSPS) is 13.8. The summed E-state index contributed by atoms with van der Waals surface area (Å²) >= 11 is 0. The largest absolute Gasteiger partial charge is 0.416 e. The number of benzene rings is 1. The van der Waals surface area contributed by atoms with Crippen molar-refractivity contribution < 1.29 is 13.2 Å². The molecule has 1 rings (SSSR count). The third-order valence-electron chi connectivity index (χ3n) is 2.97. The third-order valence-corrected chi connectivity index (χ3v) is 2.97. The zero-order valence-electron chi connectivity index (χ0n) is 11.7. The summed E-state index contributed by atoms with van der Waals surface area (Å²) in [5.41, 5.74) is 0.387. The van der Waals surface area contributed by atoms with Crippen LogP contribution in [0.15, 0.2) is 24.3 Å². The predicted octanol–water partition coefficient (Wildman–Crippen LogP) is 5.42. The van der Waals surface area contributed by atoms with Crippen molar-refractivity contribution >= 4 is 0 Å². The Hall–Kier alpha value is -0.990. The van der Waals surface area contributed by atoms with E-state index in [4.69, 9.17) is 0 Å². The van der Waals surface area contributed by atoms with Gasteiger partial charge in [-0.15, -0.1) is 0 Å². The molecule has 0 saturated carbocycles. The molecule has 0 N–H and O–H groups in total. The van der Waals surface area contributed by atoms with Crippen LogP contribution in [0.25, 0.3) is 0 Å². The van der Waals surface area contributed by atoms with Gasteiger partial charge in [-0.3, -0.25) is 0 Å². The van der Waals surface area contributed by atoms with Gasteiger partial charge in [0.1, 0.15) is 0 Å². The molecule has 0 atom stereocenters. The van der Waals surface area contributed by atoms with Crippen LogP contribution in [0, 0.1) is 5.41 Å². The van der Waals surface area contributed by atoms with E-state index in [2.05, 4.69) is 34.6 Å². The molecule has 0 aliphatic rings. The lowest BCUT2D eigenvalue weighted by atomic mass is 9.72. The summed E-state index contributed by atoms with van der Waals surface area (Å²) in [6, 6.07) is 5.52. The predicted molar refractivity (Wildman–Crippen MR) is 68.5 cm³/mol. The van der Waals surface area contributed by atoms with Crippen LogP contribution in [0.3, 0.4) is 0 Å². The average molecular weight is 258 g/mol. The SMILES string of the molecule is CC(C)(C)CC(C)(C)c1ccc(C(F)(F)F)cc1. The minimum absolute atomic E-state index is 0.123. The highest BCUT2D eigenvalue weighted by Crippen LogP contribution is 2.37. The Morgan fingerprint density at radius 1 is 0.778 bits per heavy atom. The second kappa shape index (κ2) is 4.60. The van der Waals surface area contributed by atoms with Gasteiger partial charge in [-0.2, -0.15) is 13.2 Å². The van der Waals surface area contributed by atoms with Gasteiger partial charge in [0.15, 0.2) is 0 Å². The quantitative estimate of drug-likeness (QED) is 0.664. The zero-order valence-corrected chi connectivity index (χ0v) is 11.7. The Bertz CT molecular complexity index is 391. The highest BCUT2D eigenvalue weighted by Gasteiger charge is 2.32.